The van der Waals surface area contributed by atoms with Gasteiger partial charge in [0, 0.05) is 5.02 Å². The third kappa shape index (κ3) is 2.48. The Labute approximate surface area is 101 Å². The lowest BCUT2D eigenvalue weighted by Gasteiger charge is -2.09. The molecule has 0 spiro atoms. The van der Waals surface area contributed by atoms with Crippen molar-refractivity contribution < 1.29 is 9.90 Å². The van der Waals surface area contributed by atoms with Crippen molar-refractivity contribution in [3.8, 4) is 0 Å². The number of carboxylic acids is 1. The molecule has 0 amide bonds. The van der Waals surface area contributed by atoms with Crippen LogP contribution in [0.3, 0.4) is 0 Å². The fourth-order valence-corrected chi connectivity index (χ4v) is 1.83. The van der Waals surface area contributed by atoms with Gasteiger partial charge in [0.1, 0.15) is 5.25 Å². The van der Waals surface area contributed by atoms with Crippen LogP contribution >= 0.6 is 47.4 Å². The molecular formula is C8H5Cl3O2S. The van der Waals surface area contributed by atoms with Gasteiger partial charge >= 0.3 is 5.97 Å². The molecule has 1 unspecified atom stereocenters. The summed E-state index contributed by atoms with van der Waals surface area (Å²) >= 11 is 21.1. The van der Waals surface area contributed by atoms with E-state index >= 15 is 0 Å². The lowest BCUT2D eigenvalue weighted by Crippen LogP contribution is -2.05. The van der Waals surface area contributed by atoms with Crippen molar-refractivity contribution in [2.75, 3.05) is 0 Å². The summed E-state index contributed by atoms with van der Waals surface area (Å²) in [6.45, 7) is 0. The van der Waals surface area contributed by atoms with Crippen LogP contribution in [0.15, 0.2) is 12.1 Å². The number of aliphatic carboxylic acids is 1. The predicted octanol–water partition coefficient (Wildman–Crippen LogP) is 3.70. The molecule has 0 heterocycles. The molecule has 1 aromatic carbocycles. The van der Waals surface area contributed by atoms with Crippen LogP contribution in [0, 0.1) is 0 Å². The minimum Gasteiger partial charge on any atom is -0.480 e. The van der Waals surface area contributed by atoms with E-state index in [4.69, 9.17) is 39.9 Å². The second-order valence-corrected chi connectivity index (χ2v) is 4.27. The lowest BCUT2D eigenvalue weighted by molar-refractivity contribution is -0.136. The van der Waals surface area contributed by atoms with Crippen LogP contribution in [0.2, 0.25) is 15.1 Å². The van der Waals surface area contributed by atoms with Gasteiger partial charge in [0.25, 0.3) is 0 Å². The minimum absolute atomic E-state index is 0.238. The van der Waals surface area contributed by atoms with Gasteiger partial charge < -0.3 is 5.11 Å². The van der Waals surface area contributed by atoms with E-state index in [1.807, 2.05) is 0 Å². The van der Waals surface area contributed by atoms with E-state index in [1.165, 1.54) is 12.1 Å². The molecule has 0 saturated heterocycles. The third-order valence-corrected chi connectivity index (χ3v) is 3.12. The summed E-state index contributed by atoms with van der Waals surface area (Å²) in [5.41, 5.74) is 0.330. The number of rotatable bonds is 2. The Morgan fingerprint density at radius 3 is 2.21 bits per heavy atom. The third-order valence-electron chi connectivity index (χ3n) is 1.57. The fraction of sp³-hybridized carbons (Fsp3) is 0.125. The van der Waals surface area contributed by atoms with Crippen molar-refractivity contribution in [1.29, 1.82) is 0 Å². The van der Waals surface area contributed by atoms with Crippen molar-refractivity contribution in [1.82, 2.24) is 0 Å². The van der Waals surface area contributed by atoms with E-state index in [1.54, 1.807) is 0 Å². The van der Waals surface area contributed by atoms with Gasteiger partial charge in [-0.2, -0.15) is 12.6 Å². The van der Waals surface area contributed by atoms with Gasteiger partial charge in [-0.05, 0) is 17.7 Å². The average molecular weight is 272 g/mol. The summed E-state index contributed by atoms with van der Waals surface area (Å²) in [4.78, 5) is 10.6. The number of thiol groups is 1. The van der Waals surface area contributed by atoms with Gasteiger partial charge in [-0.3, -0.25) is 4.79 Å². The number of benzene rings is 1. The molecule has 0 fully saturated rings. The molecule has 0 radical (unpaired) electrons. The largest absolute Gasteiger partial charge is 0.480 e. The smallest absolute Gasteiger partial charge is 0.320 e. The van der Waals surface area contributed by atoms with Crippen molar-refractivity contribution in [3.05, 3.63) is 32.8 Å². The molecule has 1 atom stereocenters. The molecule has 0 aliphatic heterocycles. The molecule has 0 aliphatic rings. The van der Waals surface area contributed by atoms with Crippen LogP contribution in [0.4, 0.5) is 0 Å². The van der Waals surface area contributed by atoms with Gasteiger partial charge in [-0.1, -0.05) is 34.8 Å². The molecule has 0 aliphatic carbocycles. The monoisotopic (exact) mass is 270 g/mol. The molecule has 76 valence electrons. The van der Waals surface area contributed by atoms with Crippen LogP contribution in [-0.4, -0.2) is 11.1 Å². The fourth-order valence-electron chi connectivity index (χ4n) is 0.881. The Hall–Kier alpha value is -0.0900. The van der Waals surface area contributed by atoms with Crippen molar-refractivity contribution in [3.63, 3.8) is 0 Å². The van der Waals surface area contributed by atoms with E-state index in [2.05, 4.69) is 12.6 Å². The summed E-state index contributed by atoms with van der Waals surface area (Å²) in [7, 11) is 0. The zero-order valence-electron chi connectivity index (χ0n) is 6.67. The number of halogens is 3. The van der Waals surface area contributed by atoms with Gasteiger partial charge in [-0.15, -0.1) is 0 Å². The normalized spacial score (nSPS) is 12.6. The van der Waals surface area contributed by atoms with Crippen LogP contribution in [-0.2, 0) is 4.79 Å². The Morgan fingerprint density at radius 2 is 1.71 bits per heavy atom. The van der Waals surface area contributed by atoms with E-state index in [0.29, 0.717) is 5.56 Å². The standard InChI is InChI=1S/C8H5Cl3O2S/c9-4-2-6(11)5(10)1-3(4)7(14)8(12)13/h1-2,7,14H,(H,12,13). The topological polar surface area (TPSA) is 37.3 Å². The Kier molecular flexibility index (Phi) is 3.95. The number of hydrogen-bond donors (Lipinski definition) is 2. The zero-order valence-corrected chi connectivity index (χ0v) is 9.83. The molecule has 14 heavy (non-hydrogen) atoms. The highest BCUT2D eigenvalue weighted by Gasteiger charge is 2.19. The second kappa shape index (κ2) is 4.62. The van der Waals surface area contributed by atoms with Crippen LogP contribution in [0.25, 0.3) is 0 Å². The van der Waals surface area contributed by atoms with Crippen LogP contribution < -0.4 is 0 Å². The lowest BCUT2D eigenvalue weighted by atomic mass is 10.1. The van der Waals surface area contributed by atoms with Crippen LogP contribution in [0.5, 0.6) is 0 Å². The minimum atomic E-state index is -1.09. The predicted molar refractivity (Wildman–Crippen MR) is 60.8 cm³/mol. The maximum absolute atomic E-state index is 10.6. The Morgan fingerprint density at radius 1 is 1.21 bits per heavy atom. The van der Waals surface area contributed by atoms with E-state index < -0.39 is 11.2 Å². The number of carbonyl (C=O) groups is 1. The number of carboxylic acid groups (broad SMARTS) is 1. The first-order chi connectivity index (χ1) is 6.43. The van der Waals surface area contributed by atoms with E-state index in [-0.39, 0.29) is 15.1 Å². The molecule has 0 saturated carbocycles. The first kappa shape index (κ1) is 12.0. The van der Waals surface area contributed by atoms with E-state index in [9.17, 15) is 4.79 Å². The molecule has 1 N–H and O–H groups in total. The summed E-state index contributed by atoms with van der Waals surface area (Å²) in [6, 6.07) is 2.80. The SMILES string of the molecule is O=C(O)C(S)c1cc(Cl)c(Cl)cc1Cl. The molecule has 2 nitrogen and oxygen atoms in total. The van der Waals surface area contributed by atoms with Crippen molar-refractivity contribution >= 4 is 53.4 Å². The Bertz CT molecular complexity index is 381. The molecular weight excluding hydrogens is 267 g/mol. The average Bonchev–Trinajstić information content (AvgIpc) is 2.10. The highest BCUT2D eigenvalue weighted by Crippen LogP contribution is 2.34. The van der Waals surface area contributed by atoms with Crippen molar-refractivity contribution in [2.45, 2.75) is 5.25 Å². The van der Waals surface area contributed by atoms with Gasteiger partial charge in [0.15, 0.2) is 0 Å². The number of hydrogen-bond acceptors (Lipinski definition) is 2. The summed E-state index contributed by atoms with van der Waals surface area (Å²) in [5.74, 6) is -1.09. The molecule has 1 aromatic rings. The quantitative estimate of drug-likeness (QED) is 0.636. The maximum Gasteiger partial charge on any atom is 0.320 e. The van der Waals surface area contributed by atoms with E-state index in [0.717, 1.165) is 0 Å². The van der Waals surface area contributed by atoms with Gasteiger partial charge in [-0.25, -0.2) is 0 Å². The summed E-state index contributed by atoms with van der Waals surface area (Å²) in [6.07, 6.45) is 0. The van der Waals surface area contributed by atoms with Crippen LogP contribution in [0.1, 0.15) is 10.8 Å². The first-order valence-electron chi connectivity index (χ1n) is 3.48. The molecule has 0 bridgehead atoms. The molecule has 1 rings (SSSR count). The van der Waals surface area contributed by atoms with Gasteiger partial charge in [0.05, 0.1) is 10.0 Å². The van der Waals surface area contributed by atoms with Gasteiger partial charge in [0.2, 0.25) is 0 Å². The zero-order chi connectivity index (χ0) is 10.9. The first-order valence-corrected chi connectivity index (χ1v) is 5.14. The maximum atomic E-state index is 10.6. The molecule has 6 heteroatoms. The van der Waals surface area contributed by atoms with Crippen molar-refractivity contribution in [2.24, 2.45) is 0 Å². The molecule has 0 aromatic heterocycles. The highest BCUT2D eigenvalue weighted by molar-refractivity contribution is 7.81. The highest BCUT2D eigenvalue weighted by atomic mass is 35.5. The Balaban J connectivity index is 3.22. The summed E-state index contributed by atoms with van der Waals surface area (Å²) < 4.78 is 0. The second-order valence-electron chi connectivity index (χ2n) is 2.53. The summed E-state index contributed by atoms with van der Waals surface area (Å²) in [5, 5.41) is 8.48.